The molecule has 1 heterocycles. The van der Waals surface area contributed by atoms with E-state index in [9.17, 15) is 4.79 Å². The molecule has 3 aromatic rings. The topological polar surface area (TPSA) is 69.0 Å². The van der Waals surface area contributed by atoms with Crippen LogP contribution in [0.3, 0.4) is 0 Å². The van der Waals surface area contributed by atoms with Crippen LogP contribution in [-0.4, -0.2) is 27.3 Å². The number of aryl methyl sites for hydroxylation is 1. The van der Waals surface area contributed by atoms with E-state index < -0.39 is 0 Å². The van der Waals surface area contributed by atoms with Crippen molar-refractivity contribution in [3.8, 4) is 5.75 Å². The van der Waals surface area contributed by atoms with Crippen molar-refractivity contribution in [2.24, 2.45) is 0 Å². The second-order valence-corrected chi connectivity index (χ2v) is 5.40. The van der Waals surface area contributed by atoms with E-state index in [-0.39, 0.29) is 12.5 Å². The maximum atomic E-state index is 12.2. The minimum Gasteiger partial charge on any atom is -0.484 e. The van der Waals surface area contributed by atoms with Gasteiger partial charge in [0, 0.05) is 5.69 Å². The summed E-state index contributed by atoms with van der Waals surface area (Å²) < 4.78 is 7.23. The molecular formula is C18H18N4O2. The smallest absolute Gasteiger partial charge is 0.262 e. The molecule has 0 radical (unpaired) electrons. The molecule has 0 aliphatic carbocycles. The third kappa shape index (κ3) is 4.19. The SMILES string of the molecule is Cc1cccc(OCC(=O)Nc2ccccc2Cn2cncn2)c1. The number of nitrogens with one attached hydrogen (secondary N) is 1. The van der Waals surface area contributed by atoms with Gasteiger partial charge in [0.1, 0.15) is 18.4 Å². The highest BCUT2D eigenvalue weighted by Crippen LogP contribution is 2.16. The number of aromatic nitrogens is 3. The van der Waals surface area contributed by atoms with Gasteiger partial charge in [0.05, 0.1) is 6.54 Å². The van der Waals surface area contributed by atoms with Gasteiger partial charge in [-0.2, -0.15) is 5.10 Å². The third-order valence-corrected chi connectivity index (χ3v) is 3.45. The van der Waals surface area contributed by atoms with Crippen LogP contribution in [0.5, 0.6) is 5.75 Å². The van der Waals surface area contributed by atoms with E-state index in [0.717, 1.165) is 16.8 Å². The molecule has 122 valence electrons. The number of para-hydroxylation sites is 1. The summed E-state index contributed by atoms with van der Waals surface area (Å²) in [6.07, 6.45) is 3.12. The Balaban J connectivity index is 1.62. The average molecular weight is 322 g/mol. The summed E-state index contributed by atoms with van der Waals surface area (Å²) in [5.74, 6) is 0.476. The molecule has 3 rings (SSSR count). The fourth-order valence-electron chi connectivity index (χ4n) is 2.31. The number of amides is 1. The highest BCUT2D eigenvalue weighted by molar-refractivity contribution is 5.92. The normalized spacial score (nSPS) is 10.4. The van der Waals surface area contributed by atoms with Gasteiger partial charge in [0.25, 0.3) is 5.91 Å². The van der Waals surface area contributed by atoms with Gasteiger partial charge in [-0.15, -0.1) is 0 Å². The van der Waals surface area contributed by atoms with Gasteiger partial charge >= 0.3 is 0 Å². The number of carbonyl (C=O) groups excluding carboxylic acids is 1. The number of benzene rings is 2. The Labute approximate surface area is 140 Å². The maximum absolute atomic E-state index is 12.2. The van der Waals surface area contributed by atoms with E-state index in [2.05, 4.69) is 15.4 Å². The lowest BCUT2D eigenvalue weighted by Crippen LogP contribution is -2.21. The summed E-state index contributed by atoms with van der Waals surface area (Å²) in [5, 5.41) is 6.97. The van der Waals surface area contributed by atoms with Crippen LogP contribution in [0.4, 0.5) is 5.69 Å². The van der Waals surface area contributed by atoms with Crippen molar-refractivity contribution in [2.45, 2.75) is 13.5 Å². The third-order valence-electron chi connectivity index (χ3n) is 3.45. The van der Waals surface area contributed by atoms with E-state index in [0.29, 0.717) is 12.3 Å². The van der Waals surface area contributed by atoms with Crippen molar-refractivity contribution in [2.75, 3.05) is 11.9 Å². The Morgan fingerprint density at radius 1 is 1.21 bits per heavy atom. The van der Waals surface area contributed by atoms with Crippen molar-refractivity contribution in [1.29, 1.82) is 0 Å². The summed E-state index contributed by atoms with van der Waals surface area (Å²) in [7, 11) is 0. The minimum atomic E-state index is -0.206. The molecule has 0 spiro atoms. The molecule has 1 N–H and O–H groups in total. The standard InChI is InChI=1S/C18H18N4O2/c1-14-5-4-7-16(9-14)24-11-18(23)21-17-8-3-2-6-15(17)10-22-13-19-12-20-22/h2-9,12-13H,10-11H2,1H3,(H,21,23). The summed E-state index contributed by atoms with van der Waals surface area (Å²) in [6.45, 7) is 2.48. The van der Waals surface area contributed by atoms with Crippen LogP contribution >= 0.6 is 0 Å². The Morgan fingerprint density at radius 2 is 2.08 bits per heavy atom. The summed E-state index contributed by atoms with van der Waals surface area (Å²) in [5.41, 5.74) is 2.78. The van der Waals surface area contributed by atoms with Gasteiger partial charge < -0.3 is 10.1 Å². The molecule has 0 fully saturated rings. The van der Waals surface area contributed by atoms with Gasteiger partial charge in [0.15, 0.2) is 6.61 Å². The molecule has 24 heavy (non-hydrogen) atoms. The number of ether oxygens (including phenoxy) is 1. The predicted octanol–water partition coefficient (Wildman–Crippen LogP) is 2.65. The van der Waals surface area contributed by atoms with E-state index in [1.165, 1.54) is 6.33 Å². The molecule has 0 aliphatic heterocycles. The number of nitrogens with zero attached hydrogens (tertiary/aromatic N) is 3. The number of carbonyl (C=O) groups is 1. The highest BCUT2D eigenvalue weighted by Gasteiger charge is 2.08. The molecule has 0 atom stereocenters. The monoisotopic (exact) mass is 322 g/mol. The van der Waals surface area contributed by atoms with Crippen LogP contribution in [0.2, 0.25) is 0 Å². The number of anilines is 1. The number of hydrogen-bond acceptors (Lipinski definition) is 4. The van der Waals surface area contributed by atoms with Crippen LogP contribution < -0.4 is 10.1 Å². The maximum Gasteiger partial charge on any atom is 0.262 e. The summed E-state index contributed by atoms with van der Waals surface area (Å²) in [4.78, 5) is 16.1. The lowest BCUT2D eigenvalue weighted by atomic mass is 10.2. The van der Waals surface area contributed by atoms with Gasteiger partial charge in [-0.3, -0.25) is 4.79 Å². The van der Waals surface area contributed by atoms with E-state index in [1.807, 2.05) is 55.5 Å². The number of hydrogen-bond donors (Lipinski definition) is 1. The van der Waals surface area contributed by atoms with Crippen LogP contribution in [0.15, 0.2) is 61.2 Å². The van der Waals surface area contributed by atoms with Crippen molar-refractivity contribution in [3.05, 3.63) is 72.3 Å². The van der Waals surface area contributed by atoms with Crippen molar-refractivity contribution >= 4 is 11.6 Å². The fourth-order valence-corrected chi connectivity index (χ4v) is 2.31. The lowest BCUT2D eigenvalue weighted by molar-refractivity contribution is -0.118. The zero-order chi connectivity index (χ0) is 16.8. The first-order valence-electron chi connectivity index (χ1n) is 7.60. The predicted molar refractivity (Wildman–Crippen MR) is 90.9 cm³/mol. The summed E-state index contributed by atoms with van der Waals surface area (Å²) >= 11 is 0. The molecular weight excluding hydrogens is 304 g/mol. The van der Waals surface area contributed by atoms with Crippen LogP contribution in [0, 0.1) is 6.92 Å². The second-order valence-electron chi connectivity index (χ2n) is 5.40. The summed E-state index contributed by atoms with van der Waals surface area (Å²) in [6, 6.07) is 15.2. The molecule has 0 bridgehead atoms. The first-order chi connectivity index (χ1) is 11.7. The Hall–Kier alpha value is -3.15. The Kier molecular flexibility index (Phi) is 4.86. The lowest BCUT2D eigenvalue weighted by Gasteiger charge is -2.12. The van der Waals surface area contributed by atoms with E-state index >= 15 is 0 Å². The molecule has 0 unspecified atom stereocenters. The number of rotatable bonds is 6. The van der Waals surface area contributed by atoms with Crippen molar-refractivity contribution in [1.82, 2.24) is 14.8 Å². The van der Waals surface area contributed by atoms with Gasteiger partial charge in [-0.25, -0.2) is 9.67 Å². The second kappa shape index (κ2) is 7.41. The van der Waals surface area contributed by atoms with Crippen molar-refractivity contribution < 1.29 is 9.53 Å². The van der Waals surface area contributed by atoms with Gasteiger partial charge in [-0.1, -0.05) is 30.3 Å². The Morgan fingerprint density at radius 3 is 2.88 bits per heavy atom. The minimum absolute atomic E-state index is 0.0406. The fraction of sp³-hybridized carbons (Fsp3) is 0.167. The largest absolute Gasteiger partial charge is 0.484 e. The van der Waals surface area contributed by atoms with Gasteiger partial charge in [-0.05, 0) is 36.2 Å². The van der Waals surface area contributed by atoms with Crippen LogP contribution in [0.1, 0.15) is 11.1 Å². The molecule has 1 aromatic heterocycles. The molecule has 2 aromatic carbocycles. The molecule has 0 aliphatic rings. The Bertz CT molecular complexity index is 815. The quantitative estimate of drug-likeness (QED) is 0.757. The van der Waals surface area contributed by atoms with Crippen LogP contribution in [-0.2, 0) is 11.3 Å². The first kappa shape index (κ1) is 15.7. The van der Waals surface area contributed by atoms with E-state index in [4.69, 9.17) is 4.74 Å². The molecule has 6 nitrogen and oxygen atoms in total. The zero-order valence-corrected chi connectivity index (χ0v) is 13.3. The zero-order valence-electron chi connectivity index (χ0n) is 13.3. The van der Waals surface area contributed by atoms with Crippen LogP contribution in [0.25, 0.3) is 0 Å². The average Bonchev–Trinajstić information content (AvgIpc) is 3.08. The van der Waals surface area contributed by atoms with Crippen molar-refractivity contribution in [3.63, 3.8) is 0 Å². The molecule has 0 saturated carbocycles. The molecule has 6 heteroatoms. The highest BCUT2D eigenvalue weighted by atomic mass is 16.5. The first-order valence-corrected chi connectivity index (χ1v) is 7.60. The van der Waals surface area contributed by atoms with Gasteiger partial charge in [0.2, 0.25) is 0 Å². The molecule has 0 saturated heterocycles. The van der Waals surface area contributed by atoms with E-state index in [1.54, 1.807) is 11.0 Å². The molecule has 1 amide bonds.